The lowest BCUT2D eigenvalue weighted by atomic mass is 10.2. The number of unbranched alkanes of at least 4 members (excludes halogenated alkanes) is 1. The second-order valence-corrected chi connectivity index (χ2v) is 8.03. The first-order valence-corrected chi connectivity index (χ1v) is 11.3. The van der Waals surface area contributed by atoms with Crippen LogP contribution in [0.4, 0.5) is 5.69 Å². The summed E-state index contributed by atoms with van der Waals surface area (Å²) in [5, 5.41) is 7.60. The molecule has 1 unspecified atom stereocenters. The predicted octanol–water partition coefficient (Wildman–Crippen LogP) is 3.74. The number of halogens is 2. The van der Waals surface area contributed by atoms with Crippen LogP contribution in [0.2, 0.25) is 5.02 Å². The number of rotatable bonds is 9. The molecule has 3 rings (SSSR count). The number of hydrogen-bond donors (Lipinski definition) is 2. The maximum atomic E-state index is 11.8. The Morgan fingerprint density at radius 3 is 2.88 bits per heavy atom. The number of guanidine groups is 1. The Bertz CT molecular complexity index is 937. The van der Waals surface area contributed by atoms with Crippen LogP contribution in [-0.4, -0.2) is 49.9 Å². The molecule has 1 aliphatic rings. The highest BCUT2D eigenvalue weighted by Crippen LogP contribution is 2.33. The standard InChI is InChI=1S/C23H32ClN5O2.HI/c1-3-25-23(26-12-5-7-14-28-13-6-4-8-22(28)30)27-19-11-15-29(17-19)20-16-18(24)9-10-21(20)31-2;/h4,6,8-10,13,16,19H,3,5,7,11-12,14-15,17H2,1-2H3,(H2,25,26,27);1H. The SMILES string of the molecule is CCNC(=NCCCCn1ccccc1=O)NC1CCN(c2cc(Cl)ccc2OC)C1.I. The first-order chi connectivity index (χ1) is 15.1. The molecule has 2 aromatic rings. The number of methoxy groups -OCH3 is 1. The van der Waals surface area contributed by atoms with Crippen molar-refractivity contribution in [2.75, 3.05) is 38.2 Å². The maximum Gasteiger partial charge on any atom is 0.250 e. The summed E-state index contributed by atoms with van der Waals surface area (Å²) in [6, 6.07) is 11.3. The summed E-state index contributed by atoms with van der Waals surface area (Å²) >= 11 is 6.20. The van der Waals surface area contributed by atoms with E-state index in [1.165, 1.54) is 0 Å². The molecule has 1 atom stereocenters. The number of hydrogen-bond acceptors (Lipinski definition) is 4. The first kappa shape index (κ1) is 26.3. The van der Waals surface area contributed by atoms with Gasteiger partial charge in [0.1, 0.15) is 5.75 Å². The van der Waals surface area contributed by atoms with E-state index in [1.54, 1.807) is 23.8 Å². The van der Waals surface area contributed by atoms with Crippen molar-refractivity contribution >= 4 is 47.2 Å². The topological polar surface area (TPSA) is 70.9 Å². The van der Waals surface area contributed by atoms with Crippen LogP contribution < -0.4 is 25.8 Å². The van der Waals surface area contributed by atoms with Gasteiger partial charge < -0.3 is 24.8 Å². The first-order valence-electron chi connectivity index (χ1n) is 10.9. The van der Waals surface area contributed by atoms with E-state index >= 15 is 0 Å². The Morgan fingerprint density at radius 2 is 2.12 bits per heavy atom. The van der Waals surface area contributed by atoms with Crippen LogP contribution in [0.5, 0.6) is 5.75 Å². The molecule has 0 spiro atoms. The molecule has 2 heterocycles. The third-order valence-corrected chi connectivity index (χ3v) is 5.57. The zero-order chi connectivity index (χ0) is 22.1. The number of aryl methyl sites for hydroxylation is 1. The molecule has 0 radical (unpaired) electrons. The molecular weight excluding hydrogens is 541 g/mol. The van der Waals surface area contributed by atoms with Crippen molar-refractivity contribution in [3.63, 3.8) is 0 Å². The molecule has 1 saturated heterocycles. The van der Waals surface area contributed by atoms with Gasteiger partial charge in [-0.2, -0.15) is 0 Å². The summed E-state index contributed by atoms with van der Waals surface area (Å²) in [4.78, 5) is 18.8. The number of nitrogens with zero attached hydrogens (tertiary/aromatic N) is 3. The average molecular weight is 574 g/mol. The predicted molar refractivity (Wildman–Crippen MR) is 143 cm³/mol. The summed E-state index contributed by atoms with van der Waals surface area (Å²) in [7, 11) is 1.68. The zero-order valence-corrected chi connectivity index (χ0v) is 21.8. The largest absolute Gasteiger partial charge is 0.495 e. The fourth-order valence-electron chi connectivity index (χ4n) is 3.75. The third kappa shape index (κ3) is 7.58. The van der Waals surface area contributed by atoms with Gasteiger partial charge in [0, 0.05) is 56.1 Å². The van der Waals surface area contributed by atoms with Crippen LogP contribution >= 0.6 is 35.6 Å². The van der Waals surface area contributed by atoms with Crippen molar-refractivity contribution < 1.29 is 4.74 Å². The quantitative estimate of drug-likeness (QED) is 0.207. The van der Waals surface area contributed by atoms with Crippen molar-refractivity contribution in [3.8, 4) is 5.75 Å². The molecule has 9 heteroatoms. The molecule has 0 amide bonds. The molecule has 0 aliphatic carbocycles. The van der Waals surface area contributed by atoms with Gasteiger partial charge in [-0.1, -0.05) is 17.7 Å². The van der Waals surface area contributed by atoms with Crippen molar-refractivity contribution in [2.45, 2.75) is 38.8 Å². The van der Waals surface area contributed by atoms with Crippen LogP contribution in [0.1, 0.15) is 26.2 Å². The highest BCUT2D eigenvalue weighted by molar-refractivity contribution is 14.0. The Morgan fingerprint density at radius 1 is 1.28 bits per heavy atom. The van der Waals surface area contributed by atoms with Crippen LogP contribution in [0.15, 0.2) is 52.4 Å². The van der Waals surface area contributed by atoms with Gasteiger partial charge in [0.2, 0.25) is 5.56 Å². The van der Waals surface area contributed by atoms with Gasteiger partial charge in [0.05, 0.1) is 12.8 Å². The zero-order valence-electron chi connectivity index (χ0n) is 18.7. The van der Waals surface area contributed by atoms with Gasteiger partial charge in [-0.15, -0.1) is 24.0 Å². The molecule has 1 aliphatic heterocycles. The summed E-state index contributed by atoms with van der Waals surface area (Å²) in [6.45, 7) is 6.10. The van der Waals surface area contributed by atoms with Crippen molar-refractivity contribution in [1.29, 1.82) is 0 Å². The van der Waals surface area contributed by atoms with E-state index in [0.29, 0.717) is 11.1 Å². The fourth-order valence-corrected chi connectivity index (χ4v) is 3.92. The Kier molecular flexibility index (Phi) is 11.2. The van der Waals surface area contributed by atoms with Gasteiger partial charge in [-0.05, 0) is 50.5 Å². The van der Waals surface area contributed by atoms with Crippen molar-refractivity contribution in [1.82, 2.24) is 15.2 Å². The number of aromatic nitrogens is 1. The summed E-state index contributed by atoms with van der Waals surface area (Å²) in [6.07, 6.45) is 4.68. The van der Waals surface area contributed by atoms with Crippen LogP contribution in [0.25, 0.3) is 0 Å². The van der Waals surface area contributed by atoms with Crippen LogP contribution in [-0.2, 0) is 6.54 Å². The number of benzene rings is 1. The van der Waals surface area contributed by atoms with Gasteiger partial charge in [0.15, 0.2) is 5.96 Å². The number of nitrogens with one attached hydrogen (secondary N) is 2. The number of aliphatic imine (C=N–C) groups is 1. The van der Waals surface area contributed by atoms with Crippen LogP contribution in [0, 0.1) is 0 Å². The summed E-state index contributed by atoms with van der Waals surface area (Å²) < 4.78 is 7.25. The molecule has 1 fully saturated rings. The number of ether oxygens (including phenoxy) is 1. The minimum absolute atomic E-state index is 0. The molecular formula is C23H33ClIN5O2. The summed E-state index contributed by atoms with van der Waals surface area (Å²) in [5.74, 6) is 1.67. The van der Waals surface area contributed by atoms with Crippen LogP contribution in [0.3, 0.4) is 0 Å². The minimum atomic E-state index is 0. The van der Waals surface area contributed by atoms with Gasteiger partial charge in [0.25, 0.3) is 0 Å². The molecule has 0 bridgehead atoms. The van der Waals surface area contributed by atoms with Gasteiger partial charge in [-0.3, -0.25) is 9.79 Å². The Labute approximate surface area is 212 Å². The van der Waals surface area contributed by atoms with E-state index in [9.17, 15) is 4.79 Å². The van der Waals surface area contributed by atoms with E-state index in [4.69, 9.17) is 21.3 Å². The summed E-state index contributed by atoms with van der Waals surface area (Å²) in [5.41, 5.74) is 1.07. The van der Waals surface area contributed by atoms with Crippen molar-refractivity contribution in [2.24, 2.45) is 4.99 Å². The smallest absolute Gasteiger partial charge is 0.250 e. The second kappa shape index (κ2) is 13.6. The molecule has 7 nitrogen and oxygen atoms in total. The normalized spacial score (nSPS) is 15.9. The Hall–Kier alpha value is -1.94. The highest BCUT2D eigenvalue weighted by Gasteiger charge is 2.25. The fraction of sp³-hybridized carbons (Fsp3) is 0.478. The number of anilines is 1. The van der Waals surface area contributed by atoms with Gasteiger partial charge in [-0.25, -0.2) is 0 Å². The minimum Gasteiger partial charge on any atom is -0.495 e. The highest BCUT2D eigenvalue weighted by atomic mass is 127. The average Bonchev–Trinajstić information content (AvgIpc) is 3.23. The maximum absolute atomic E-state index is 11.8. The van der Waals surface area contributed by atoms with E-state index in [0.717, 1.165) is 69.4 Å². The van der Waals surface area contributed by atoms with Crippen molar-refractivity contribution in [3.05, 3.63) is 58.0 Å². The second-order valence-electron chi connectivity index (χ2n) is 7.59. The van der Waals surface area contributed by atoms with E-state index in [-0.39, 0.29) is 29.5 Å². The Balaban J connectivity index is 0.00000363. The lowest BCUT2D eigenvalue weighted by molar-refractivity contribution is 0.415. The monoisotopic (exact) mass is 573 g/mol. The van der Waals surface area contributed by atoms with E-state index in [1.807, 2.05) is 30.5 Å². The van der Waals surface area contributed by atoms with E-state index < -0.39 is 0 Å². The molecule has 1 aromatic heterocycles. The third-order valence-electron chi connectivity index (χ3n) is 5.33. The molecule has 1 aromatic carbocycles. The molecule has 32 heavy (non-hydrogen) atoms. The lowest BCUT2D eigenvalue weighted by Gasteiger charge is -2.22. The van der Waals surface area contributed by atoms with Gasteiger partial charge >= 0.3 is 0 Å². The lowest BCUT2D eigenvalue weighted by Crippen LogP contribution is -2.44. The van der Waals surface area contributed by atoms with E-state index in [2.05, 4.69) is 22.5 Å². The molecule has 2 N–H and O–H groups in total. The molecule has 176 valence electrons. The number of pyridine rings is 1. The molecule has 0 saturated carbocycles.